The molecule has 0 atom stereocenters. The number of para-hydroxylation sites is 2. The second kappa shape index (κ2) is 12.8. The van der Waals surface area contributed by atoms with Gasteiger partial charge in [-0.2, -0.15) is 0 Å². The van der Waals surface area contributed by atoms with Crippen LogP contribution in [-0.2, 0) is 0 Å². The van der Waals surface area contributed by atoms with Gasteiger partial charge in [0.05, 0.1) is 23.4 Å². The van der Waals surface area contributed by atoms with Crippen LogP contribution < -0.4 is 4.90 Å². The Balaban J connectivity index is 1.18. The lowest BCUT2D eigenvalue weighted by Gasteiger charge is -2.26. The van der Waals surface area contributed by atoms with Crippen LogP contribution in [0, 0.1) is 0 Å². The highest BCUT2D eigenvalue weighted by Crippen LogP contribution is 2.38. The standard InChI is InChI=1S/C48H34N2/c1-3-12-35(13-4-1)37-22-28-41(29-23-37)49(42-30-24-38(25-31-42)36-14-5-2-6-15-36)43-32-26-39(27-33-43)40-16-11-17-44(34-40)50-47-20-9-7-18-45(47)46-19-8-10-21-48(46)50/h1-34H/i1D,3D,4D,12D,13D,22D,23D,28D,29D. The molecule has 9 rings (SSSR count). The fourth-order valence-electron chi connectivity index (χ4n) is 6.59. The zero-order chi connectivity index (χ0) is 41.1. The topological polar surface area (TPSA) is 8.17 Å². The Morgan fingerprint density at radius 1 is 0.360 bits per heavy atom. The molecular formula is C48H34N2. The van der Waals surface area contributed by atoms with Gasteiger partial charge in [0.25, 0.3) is 0 Å². The number of benzene rings is 8. The van der Waals surface area contributed by atoms with E-state index in [1.807, 2.05) is 103 Å². The second-order valence-corrected chi connectivity index (χ2v) is 11.9. The number of aromatic nitrogens is 1. The summed E-state index contributed by atoms with van der Waals surface area (Å²) in [6.45, 7) is 0. The molecule has 0 saturated heterocycles. The molecule has 8 aromatic carbocycles. The van der Waals surface area contributed by atoms with E-state index in [-0.39, 0.29) is 16.8 Å². The molecule has 9 aromatic rings. The molecule has 0 aliphatic carbocycles. The lowest BCUT2D eigenvalue weighted by molar-refractivity contribution is 1.18. The molecule has 2 nitrogen and oxygen atoms in total. The third kappa shape index (κ3) is 5.43. The Bertz CT molecular complexity index is 2980. The normalized spacial score (nSPS) is 13.7. The zero-order valence-electron chi connectivity index (χ0n) is 35.8. The van der Waals surface area contributed by atoms with Crippen LogP contribution in [0.2, 0.25) is 0 Å². The van der Waals surface area contributed by atoms with Crippen molar-refractivity contribution in [1.29, 1.82) is 0 Å². The van der Waals surface area contributed by atoms with E-state index < -0.39 is 54.4 Å². The van der Waals surface area contributed by atoms with Gasteiger partial charge >= 0.3 is 0 Å². The van der Waals surface area contributed by atoms with Gasteiger partial charge in [-0.3, -0.25) is 0 Å². The Morgan fingerprint density at radius 3 is 1.48 bits per heavy atom. The quantitative estimate of drug-likeness (QED) is 0.167. The van der Waals surface area contributed by atoms with Crippen LogP contribution in [0.3, 0.4) is 0 Å². The highest BCUT2D eigenvalue weighted by molar-refractivity contribution is 6.09. The molecule has 0 unspecified atom stereocenters. The fourth-order valence-corrected chi connectivity index (χ4v) is 6.59. The van der Waals surface area contributed by atoms with Crippen molar-refractivity contribution in [3.05, 3.63) is 206 Å². The first kappa shape index (κ1) is 21.4. The molecule has 50 heavy (non-hydrogen) atoms. The van der Waals surface area contributed by atoms with Crippen molar-refractivity contribution in [1.82, 2.24) is 4.57 Å². The zero-order valence-corrected chi connectivity index (χ0v) is 26.8. The second-order valence-electron chi connectivity index (χ2n) is 11.9. The first-order chi connectivity index (χ1) is 28.5. The molecule has 1 aromatic heterocycles. The highest BCUT2D eigenvalue weighted by Gasteiger charge is 2.15. The predicted octanol–water partition coefficient (Wildman–Crippen LogP) is 13.3. The van der Waals surface area contributed by atoms with Crippen molar-refractivity contribution in [3.8, 4) is 39.1 Å². The molecule has 0 N–H and O–H groups in total. The Labute approximate surface area is 305 Å². The molecule has 0 spiro atoms. The number of rotatable bonds is 7. The number of hydrogen-bond donors (Lipinski definition) is 0. The smallest absolute Gasteiger partial charge is 0.0645 e. The van der Waals surface area contributed by atoms with E-state index in [2.05, 4.69) is 53.1 Å². The summed E-state index contributed by atoms with van der Waals surface area (Å²) >= 11 is 0. The predicted molar refractivity (Wildman–Crippen MR) is 212 cm³/mol. The average Bonchev–Trinajstić information content (AvgIpc) is 3.62. The third-order valence-electron chi connectivity index (χ3n) is 8.96. The Hall–Kier alpha value is -6.64. The van der Waals surface area contributed by atoms with Crippen LogP contribution in [-0.4, -0.2) is 4.57 Å². The summed E-state index contributed by atoms with van der Waals surface area (Å²) in [6.07, 6.45) is 0. The number of anilines is 3. The maximum absolute atomic E-state index is 9.31. The lowest BCUT2D eigenvalue weighted by Crippen LogP contribution is -2.09. The minimum absolute atomic E-state index is 0.0512. The maximum Gasteiger partial charge on any atom is 0.0645 e. The number of hydrogen-bond acceptors (Lipinski definition) is 1. The van der Waals surface area contributed by atoms with Gasteiger partial charge in [-0.1, -0.05) is 145 Å². The lowest BCUT2D eigenvalue weighted by atomic mass is 10.0. The molecule has 0 radical (unpaired) electrons. The highest BCUT2D eigenvalue weighted by atomic mass is 15.1. The molecule has 0 amide bonds. The minimum Gasteiger partial charge on any atom is -0.311 e. The van der Waals surface area contributed by atoms with Gasteiger partial charge in [0.2, 0.25) is 0 Å². The number of fused-ring (bicyclic) bond motifs is 3. The van der Waals surface area contributed by atoms with Crippen molar-refractivity contribution >= 4 is 38.9 Å². The van der Waals surface area contributed by atoms with E-state index in [4.69, 9.17) is 9.60 Å². The SMILES string of the molecule is [2H]c1c([2H])c([2H])c(-c2c([2H])c([2H])c(N(c3ccc(-c4ccccc4)cc3)c3ccc(-c4cccc(-n5c6ccccc6c6ccccc65)c4)cc3)c([2H])c2[2H])c([2H])c1[2H]. The fraction of sp³-hybridized carbons (Fsp3) is 0. The van der Waals surface area contributed by atoms with E-state index in [1.54, 1.807) is 4.90 Å². The van der Waals surface area contributed by atoms with Crippen molar-refractivity contribution in [2.24, 2.45) is 0 Å². The van der Waals surface area contributed by atoms with Gasteiger partial charge in [-0.25, -0.2) is 0 Å². The van der Waals surface area contributed by atoms with Crippen molar-refractivity contribution in [2.45, 2.75) is 0 Å². The summed E-state index contributed by atoms with van der Waals surface area (Å²) in [5, 5.41) is 2.34. The summed E-state index contributed by atoms with van der Waals surface area (Å²) in [6, 6.07) is 45.2. The molecule has 1 heterocycles. The van der Waals surface area contributed by atoms with E-state index in [1.165, 1.54) is 10.8 Å². The van der Waals surface area contributed by atoms with Gasteiger partial charge in [0.1, 0.15) is 0 Å². The van der Waals surface area contributed by atoms with Crippen LogP contribution in [0.1, 0.15) is 12.3 Å². The molecule has 2 heteroatoms. The maximum atomic E-state index is 9.31. The monoisotopic (exact) mass is 647 g/mol. The molecule has 0 bridgehead atoms. The molecule has 0 saturated carbocycles. The Kier molecular flexibility index (Phi) is 5.45. The first-order valence-corrected chi connectivity index (χ1v) is 16.4. The average molecular weight is 648 g/mol. The van der Waals surface area contributed by atoms with Crippen LogP contribution in [0.25, 0.3) is 60.9 Å². The van der Waals surface area contributed by atoms with Crippen LogP contribution >= 0.6 is 0 Å². The van der Waals surface area contributed by atoms with Gasteiger partial charge in [0.15, 0.2) is 0 Å². The van der Waals surface area contributed by atoms with E-state index in [0.29, 0.717) is 11.4 Å². The van der Waals surface area contributed by atoms with Crippen molar-refractivity contribution < 1.29 is 12.3 Å². The summed E-state index contributed by atoms with van der Waals surface area (Å²) < 4.78 is 80.7. The van der Waals surface area contributed by atoms with Gasteiger partial charge in [0, 0.05) is 33.5 Å². The van der Waals surface area contributed by atoms with Crippen LogP contribution in [0.4, 0.5) is 17.1 Å². The molecule has 0 aliphatic rings. The van der Waals surface area contributed by atoms with Gasteiger partial charge in [-0.05, 0) is 94.0 Å². The molecule has 0 fully saturated rings. The van der Waals surface area contributed by atoms with Gasteiger partial charge in [-0.15, -0.1) is 0 Å². The minimum atomic E-state index is -0.622. The third-order valence-corrected chi connectivity index (χ3v) is 8.96. The van der Waals surface area contributed by atoms with Crippen molar-refractivity contribution in [3.63, 3.8) is 0 Å². The first-order valence-electron chi connectivity index (χ1n) is 20.9. The number of nitrogens with zero attached hydrogens (tertiary/aromatic N) is 2. The van der Waals surface area contributed by atoms with Crippen molar-refractivity contribution in [2.75, 3.05) is 4.90 Å². The van der Waals surface area contributed by atoms with Crippen LogP contribution in [0.5, 0.6) is 0 Å². The van der Waals surface area contributed by atoms with E-state index >= 15 is 0 Å². The van der Waals surface area contributed by atoms with Crippen LogP contribution in [0.15, 0.2) is 206 Å². The van der Waals surface area contributed by atoms with E-state index in [9.17, 15) is 2.74 Å². The molecule has 0 aliphatic heterocycles. The largest absolute Gasteiger partial charge is 0.311 e. The molecular weight excluding hydrogens is 605 g/mol. The summed E-state index contributed by atoms with van der Waals surface area (Å²) in [5.74, 6) is 0. The van der Waals surface area contributed by atoms with Gasteiger partial charge < -0.3 is 9.47 Å². The molecule has 236 valence electrons. The summed E-state index contributed by atoms with van der Waals surface area (Å²) in [7, 11) is 0. The summed E-state index contributed by atoms with van der Waals surface area (Å²) in [5.41, 5.74) is 7.41. The Morgan fingerprint density at radius 2 is 0.860 bits per heavy atom. The van der Waals surface area contributed by atoms with E-state index in [0.717, 1.165) is 39.0 Å². The summed E-state index contributed by atoms with van der Waals surface area (Å²) in [4.78, 5) is 1.67.